The average molecular weight is 361 g/mol. The van der Waals surface area contributed by atoms with Crippen molar-refractivity contribution >= 4 is 33.7 Å². The molecule has 0 radical (unpaired) electrons. The van der Waals surface area contributed by atoms with Gasteiger partial charge in [0.15, 0.2) is 0 Å². The third-order valence-electron chi connectivity index (χ3n) is 4.88. The zero-order chi connectivity index (χ0) is 18.0. The Morgan fingerprint density at radius 1 is 1.24 bits per heavy atom. The summed E-state index contributed by atoms with van der Waals surface area (Å²) in [5.41, 5.74) is 1.06. The molecule has 0 bridgehead atoms. The molecule has 25 heavy (non-hydrogen) atoms. The van der Waals surface area contributed by atoms with E-state index < -0.39 is 23.4 Å². The first kappa shape index (κ1) is 17.7. The second-order valence-electron chi connectivity index (χ2n) is 6.43. The average Bonchev–Trinajstić information content (AvgIpc) is 2.60. The third kappa shape index (κ3) is 3.62. The van der Waals surface area contributed by atoms with E-state index in [9.17, 15) is 14.7 Å². The molecule has 0 saturated carbocycles. The van der Waals surface area contributed by atoms with Gasteiger partial charge in [-0.2, -0.15) is 0 Å². The quantitative estimate of drug-likeness (QED) is 0.809. The van der Waals surface area contributed by atoms with Crippen LogP contribution in [0.15, 0.2) is 42.5 Å². The Morgan fingerprint density at radius 2 is 1.96 bits per heavy atom. The maximum absolute atomic E-state index is 11.8. The summed E-state index contributed by atoms with van der Waals surface area (Å²) in [4.78, 5) is 24.7. The SMILES string of the molecule is C[C@@H](NC1C(C(=O)Cl)CCCN1C(=O)O)c1cccc2ccccc12. The van der Waals surface area contributed by atoms with Gasteiger partial charge in [-0.3, -0.25) is 15.0 Å². The van der Waals surface area contributed by atoms with Crippen LogP contribution >= 0.6 is 11.6 Å². The molecule has 3 rings (SSSR count). The molecule has 1 fully saturated rings. The standard InChI is InChI=1S/C19H21ClN2O3/c1-12(14-9-4-7-13-6-2-3-8-15(13)14)21-18-16(17(20)23)10-5-11-22(18)19(24)25/h2-4,6-9,12,16,18,21H,5,10-11H2,1H3,(H,24,25)/t12-,16?,18?/m1/s1. The summed E-state index contributed by atoms with van der Waals surface area (Å²) >= 11 is 5.75. The smallest absolute Gasteiger partial charge is 0.408 e. The highest BCUT2D eigenvalue weighted by atomic mass is 35.5. The van der Waals surface area contributed by atoms with Crippen molar-refractivity contribution in [3.05, 3.63) is 48.0 Å². The molecule has 1 heterocycles. The monoisotopic (exact) mass is 360 g/mol. The Labute approximate surface area is 151 Å². The lowest BCUT2D eigenvalue weighted by atomic mass is 9.93. The Bertz CT molecular complexity index is 768. The molecule has 1 saturated heterocycles. The van der Waals surface area contributed by atoms with Crippen LogP contribution < -0.4 is 5.32 Å². The summed E-state index contributed by atoms with van der Waals surface area (Å²) < 4.78 is 0. The predicted molar refractivity (Wildman–Crippen MR) is 97.6 cm³/mol. The van der Waals surface area contributed by atoms with Crippen molar-refractivity contribution in [2.75, 3.05) is 6.54 Å². The van der Waals surface area contributed by atoms with Crippen LogP contribution in [-0.2, 0) is 4.79 Å². The van der Waals surface area contributed by atoms with Crippen LogP contribution in [0.1, 0.15) is 31.4 Å². The summed E-state index contributed by atoms with van der Waals surface area (Å²) in [5, 5.41) is 14.6. The predicted octanol–water partition coefficient (Wildman–Crippen LogP) is 3.97. The molecule has 6 heteroatoms. The van der Waals surface area contributed by atoms with Crippen LogP contribution in [0.3, 0.4) is 0 Å². The zero-order valence-electron chi connectivity index (χ0n) is 14.0. The van der Waals surface area contributed by atoms with Gasteiger partial charge in [0.1, 0.15) is 0 Å². The van der Waals surface area contributed by atoms with Crippen molar-refractivity contribution in [3.8, 4) is 0 Å². The van der Waals surface area contributed by atoms with Gasteiger partial charge in [0.05, 0.1) is 12.1 Å². The number of carboxylic acid groups (broad SMARTS) is 1. The third-order valence-corrected chi connectivity index (χ3v) is 5.16. The number of piperidine rings is 1. The molecular weight excluding hydrogens is 340 g/mol. The van der Waals surface area contributed by atoms with E-state index in [1.54, 1.807) is 0 Å². The number of carbonyl (C=O) groups excluding carboxylic acids is 1. The Kier molecular flexibility index (Phi) is 5.25. The summed E-state index contributed by atoms with van der Waals surface area (Å²) in [6, 6.07) is 14.0. The first-order valence-electron chi connectivity index (χ1n) is 8.41. The number of fused-ring (bicyclic) bond motifs is 1. The summed E-state index contributed by atoms with van der Waals surface area (Å²) in [6.45, 7) is 2.38. The van der Waals surface area contributed by atoms with Crippen molar-refractivity contribution in [2.24, 2.45) is 5.92 Å². The highest BCUT2D eigenvalue weighted by Crippen LogP contribution is 2.29. The van der Waals surface area contributed by atoms with E-state index in [1.807, 2.05) is 49.4 Å². The maximum atomic E-state index is 11.8. The van der Waals surface area contributed by atoms with Gasteiger partial charge in [-0.15, -0.1) is 0 Å². The minimum Gasteiger partial charge on any atom is -0.465 e. The number of rotatable bonds is 4. The van der Waals surface area contributed by atoms with Crippen LogP contribution in [0.4, 0.5) is 4.79 Å². The van der Waals surface area contributed by atoms with Gasteiger partial charge in [-0.05, 0) is 47.7 Å². The van der Waals surface area contributed by atoms with Crippen LogP contribution in [0.2, 0.25) is 0 Å². The topological polar surface area (TPSA) is 69.6 Å². The second-order valence-corrected chi connectivity index (χ2v) is 6.80. The van der Waals surface area contributed by atoms with Crippen molar-refractivity contribution in [2.45, 2.75) is 32.0 Å². The lowest BCUT2D eigenvalue weighted by molar-refractivity contribution is -0.119. The first-order valence-corrected chi connectivity index (χ1v) is 8.79. The van der Waals surface area contributed by atoms with E-state index in [2.05, 4.69) is 5.32 Å². The second kappa shape index (κ2) is 7.42. The van der Waals surface area contributed by atoms with E-state index in [-0.39, 0.29) is 6.04 Å². The number of hydrogen-bond donors (Lipinski definition) is 2. The number of hydrogen-bond acceptors (Lipinski definition) is 3. The van der Waals surface area contributed by atoms with Crippen LogP contribution in [0.5, 0.6) is 0 Å². The maximum Gasteiger partial charge on any atom is 0.408 e. The normalized spacial score (nSPS) is 21.9. The number of likely N-dealkylation sites (tertiary alicyclic amines) is 1. The fraction of sp³-hybridized carbons (Fsp3) is 0.368. The van der Waals surface area contributed by atoms with Gasteiger partial charge in [0.25, 0.3) is 0 Å². The van der Waals surface area contributed by atoms with E-state index in [4.69, 9.17) is 11.6 Å². The molecule has 2 aromatic carbocycles. The first-order chi connectivity index (χ1) is 12.0. The van der Waals surface area contributed by atoms with Gasteiger partial charge in [-0.25, -0.2) is 4.79 Å². The highest BCUT2D eigenvalue weighted by molar-refractivity contribution is 6.64. The number of benzene rings is 2. The van der Waals surface area contributed by atoms with E-state index in [0.29, 0.717) is 19.4 Å². The molecule has 0 aromatic heterocycles. The molecule has 2 unspecified atom stereocenters. The van der Waals surface area contributed by atoms with Crippen LogP contribution in [-0.4, -0.2) is 34.1 Å². The van der Waals surface area contributed by atoms with Crippen LogP contribution in [0, 0.1) is 5.92 Å². The van der Waals surface area contributed by atoms with Gasteiger partial charge < -0.3 is 5.11 Å². The lowest BCUT2D eigenvalue weighted by Gasteiger charge is -2.40. The van der Waals surface area contributed by atoms with Crippen LogP contribution in [0.25, 0.3) is 10.8 Å². The van der Waals surface area contributed by atoms with Gasteiger partial charge >= 0.3 is 6.09 Å². The van der Waals surface area contributed by atoms with Crippen molar-refractivity contribution in [1.29, 1.82) is 0 Å². The number of amides is 1. The lowest BCUT2D eigenvalue weighted by Crippen LogP contribution is -2.57. The Hall–Kier alpha value is -2.11. The molecule has 132 valence electrons. The summed E-state index contributed by atoms with van der Waals surface area (Å²) in [6.07, 6.45) is -0.432. The molecule has 2 N–H and O–H groups in total. The zero-order valence-corrected chi connectivity index (χ0v) is 14.7. The molecule has 1 amide bonds. The summed E-state index contributed by atoms with van der Waals surface area (Å²) in [5.74, 6) is -0.538. The fourth-order valence-electron chi connectivity index (χ4n) is 3.63. The highest BCUT2D eigenvalue weighted by Gasteiger charge is 2.38. The molecule has 2 aromatic rings. The molecule has 0 spiro atoms. The largest absolute Gasteiger partial charge is 0.465 e. The van der Waals surface area contributed by atoms with E-state index in [1.165, 1.54) is 4.90 Å². The molecule has 1 aliphatic rings. The van der Waals surface area contributed by atoms with Gasteiger partial charge in [-0.1, -0.05) is 42.5 Å². The molecule has 3 atom stereocenters. The van der Waals surface area contributed by atoms with Crippen molar-refractivity contribution < 1.29 is 14.7 Å². The number of halogens is 1. The van der Waals surface area contributed by atoms with Crippen molar-refractivity contribution in [3.63, 3.8) is 0 Å². The van der Waals surface area contributed by atoms with E-state index in [0.717, 1.165) is 16.3 Å². The minimum absolute atomic E-state index is 0.130. The number of nitrogens with one attached hydrogen (secondary N) is 1. The molecule has 0 aliphatic carbocycles. The Balaban J connectivity index is 1.91. The fourth-order valence-corrected chi connectivity index (χ4v) is 3.86. The van der Waals surface area contributed by atoms with Crippen molar-refractivity contribution in [1.82, 2.24) is 10.2 Å². The molecule has 5 nitrogen and oxygen atoms in total. The number of nitrogens with zero attached hydrogens (tertiary/aromatic N) is 1. The molecular formula is C19H21ClN2O3. The number of carbonyl (C=O) groups is 2. The van der Waals surface area contributed by atoms with Gasteiger partial charge in [0.2, 0.25) is 5.24 Å². The van der Waals surface area contributed by atoms with E-state index >= 15 is 0 Å². The minimum atomic E-state index is -1.04. The van der Waals surface area contributed by atoms with Gasteiger partial charge in [0, 0.05) is 12.6 Å². The Morgan fingerprint density at radius 3 is 2.68 bits per heavy atom. The summed E-state index contributed by atoms with van der Waals surface area (Å²) in [7, 11) is 0. The molecule has 1 aliphatic heterocycles.